The highest BCUT2D eigenvalue weighted by Gasteiger charge is 2.16. The molecule has 0 aliphatic carbocycles. The van der Waals surface area contributed by atoms with Crippen LogP contribution in [-0.4, -0.2) is 15.9 Å². The molecule has 1 heterocycles. The Balaban J connectivity index is 1.75. The van der Waals surface area contributed by atoms with Gasteiger partial charge in [0.05, 0.1) is 17.1 Å². The van der Waals surface area contributed by atoms with Crippen LogP contribution in [-0.2, 0) is 6.61 Å². The average molecular weight is 525 g/mol. The van der Waals surface area contributed by atoms with E-state index in [1.54, 1.807) is 30.5 Å². The molecule has 5 nitrogen and oxygen atoms in total. The Morgan fingerprint density at radius 3 is 2.70 bits per heavy atom. The third kappa shape index (κ3) is 5.34. The predicted molar refractivity (Wildman–Crippen MR) is 138 cm³/mol. The molecule has 0 saturated carbocycles. The summed E-state index contributed by atoms with van der Waals surface area (Å²) in [7, 11) is 0. The van der Waals surface area contributed by atoms with Crippen LogP contribution in [0.15, 0.2) is 81.1 Å². The lowest BCUT2D eigenvalue weighted by atomic mass is 10.1. The molecular formula is C26H23BrClN3O2. The van der Waals surface area contributed by atoms with Gasteiger partial charge in [-0.1, -0.05) is 71.7 Å². The molecule has 168 valence electrons. The lowest BCUT2D eigenvalue weighted by molar-refractivity contribution is 0.306. The average Bonchev–Trinajstić information content (AvgIpc) is 2.83. The number of hydrogen-bond acceptors (Lipinski definition) is 4. The molecule has 7 heteroatoms. The van der Waals surface area contributed by atoms with Crippen LogP contribution in [0.25, 0.3) is 10.9 Å². The zero-order valence-electron chi connectivity index (χ0n) is 18.3. The minimum Gasteiger partial charge on any atom is -0.488 e. The Morgan fingerprint density at radius 2 is 1.94 bits per heavy atom. The number of hydrogen-bond donors (Lipinski definition) is 0. The third-order valence-electron chi connectivity index (χ3n) is 5.41. The smallest absolute Gasteiger partial charge is 0.282 e. The lowest BCUT2D eigenvalue weighted by Gasteiger charge is -2.14. The molecule has 33 heavy (non-hydrogen) atoms. The van der Waals surface area contributed by atoms with Crippen molar-refractivity contribution in [3.8, 4) is 5.75 Å². The lowest BCUT2D eigenvalue weighted by Crippen LogP contribution is -2.23. The van der Waals surface area contributed by atoms with Crippen LogP contribution >= 0.6 is 27.5 Å². The van der Waals surface area contributed by atoms with Gasteiger partial charge in [-0.05, 0) is 48.4 Å². The molecule has 0 aliphatic rings. The molecule has 3 aromatic carbocycles. The third-order valence-corrected chi connectivity index (χ3v) is 6.14. The van der Waals surface area contributed by atoms with E-state index in [0.29, 0.717) is 39.7 Å². The fraction of sp³-hybridized carbons (Fsp3) is 0.192. The second kappa shape index (κ2) is 10.3. The summed E-state index contributed by atoms with van der Waals surface area (Å²) in [5, 5.41) is 5.60. The van der Waals surface area contributed by atoms with Gasteiger partial charge in [-0.15, -0.1) is 0 Å². The maximum Gasteiger partial charge on any atom is 0.282 e. The summed E-state index contributed by atoms with van der Waals surface area (Å²) >= 11 is 9.68. The van der Waals surface area contributed by atoms with Gasteiger partial charge in [0, 0.05) is 21.0 Å². The summed E-state index contributed by atoms with van der Waals surface area (Å²) in [6, 6.07) is 20.7. The number of ether oxygens (including phenoxy) is 1. The number of halogens is 2. The Bertz CT molecular complexity index is 1370. The van der Waals surface area contributed by atoms with E-state index in [1.165, 1.54) is 4.68 Å². The molecule has 0 aliphatic heterocycles. The van der Waals surface area contributed by atoms with Crippen molar-refractivity contribution >= 4 is 44.6 Å². The van der Waals surface area contributed by atoms with Crippen molar-refractivity contribution in [2.75, 3.05) is 0 Å². The van der Waals surface area contributed by atoms with E-state index in [2.05, 4.69) is 28.0 Å². The molecule has 0 bridgehead atoms. The largest absolute Gasteiger partial charge is 0.488 e. The van der Waals surface area contributed by atoms with Gasteiger partial charge in [-0.2, -0.15) is 9.78 Å². The minimum absolute atomic E-state index is 0.0519. The fourth-order valence-corrected chi connectivity index (χ4v) is 3.93. The van der Waals surface area contributed by atoms with E-state index in [0.717, 1.165) is 16.5 Å². The van der Waals surface area contributed by atoms with Crippen LogP contribution < -0.4 is 10.3 Å². The summed E-state index contributed by atoms with van der Waals surface area (Å²) in [5.74, 6) is 1.29. The Morgan fingerprint density at radius 1 is 1.15 bits per heavy atom. The van der Waals surface area contributed by atoms with Crippen molar-refractivity contribution in [1.82, 2.24) is 9.66 Å². The van der Waals surface area contributed by atoms with Gasteiger partial charge in [-0.25, -0.2) is 4.98 Å². The van der Waals surface area contributed by atoms with Crippen molar-refractivity contribution in [1.29, 1.82) is 0 Å². The number of benzene rings is 3. The molecule has 0 saturated heterocycles. The summed E-state index contributed by atoms with van der Waals surface area (Å²) in [6.07, 6.45) is 2.43. The molecule has 0 N–H and O–H groups in total. The number of nitrogens with zero attached hydrogens (tertiary/aromatic N) is 3. The van der Waals surface area contributed by atoms with Gasteiger partial charge in [0.2, 0.25) is 0 Å². The molecule has 0 fully saturated rings. The number of aromatic nitrogens is 2. The monoisotopic (exact) mass is 523 g/mol. The van der Waals surface area contributed by atoms with Crippen LogP contribution in [0, 0.1) is 0 Å². The van der Waals surface area contributed by atoms with Gasteiger partial charge in [0.15, 0.2) is 0 Å². The normalized spacial score (nSPS) is 12.4. The highest BCUT2D eigenvalue weighted by atomic mass is 79.9. The number of rotatable bonds is 7. The Labute approximate surface area is 205 Å². The highest BCUT2D eigenvalue weighted by molar-refractivity contribution is 9.10. The zero-order chi connectivity index (χ0) is 23.4. The van der Waals surface area contributed by atoms with Crippen molar-refractivity contribution in [3.05, 3.63) is 104 Å². The van der Waals surface area contributed by atoms with Gasteiger partial charge in [-0.3, -0.25) is 4.79 Å². The summed E-state index contributed by atoms with van der Waals surface area (Å²) in [5.41, 5.74) is 2.16. The van der Waals surface area contributed by atoms with Crippen LogP contribution in [0.5, 0.6) is 5.75 Å². The molecule has 4 rings (SSSR count). The predicted octanol–water partition coefficient (Wildman–Crippen LogP) is 6.79. The first-order valence-corrected chi connectivity index (χ1v) is 11.9. The maximum atomic E-state index is 13.3. The molecule has 4 aromatic rings. The standard InChI is InChI=1S/C26H23BrClN3O2/c1-3-17(2)25-30-23-11-9-20(27)14-22(23)26(32)31(25)29-15-19-13-21(28)10-12-24(19)33-16-18-7-5-4-6-8-18/h4-15,17H,3,16H2,1-2H3/t17-/m0/s1. The summed E-state index contributed by atoms with van der Waals surface area (Å²) in [6.45, 7) is 4.50. The first kappa shape index (κ1) is 23.2. The topological polar surface area (TPSA) is 56.5 Å². The van der Waals surface area contributed by atoms with Crippen molar-refractivity contribution in [2.45, 2.75) is 32.8 Å². The maximum absolute atomic E-state index is 13.3. The van der Waals surface area contributed by atoms with E-state index in [1.807, 2.05) is 49.4 Å². The highest BCUT2D eigenvalue weighted by Crippen LogP contribution is 2.24. The fourth-order valence-electron chi connectivity index (χ4n) is 3.39. The van der Waals surface area contributed by atoms with Gasteiger partial charge in [0.1, 0.15) is 18.2 Å². The molecule has 0 amide bonds. The quantitative estimate of drug-likeness (QED) is 0.250. The molecule has 0 unspecified atom stereocenters. The van der Waals surface area contributed by atoms with E-state index in [-0.39, 0.29) is 11.5 Å². The SMILES string of the molecule is CC[C@H](C)c1nc2ccc(Br)cc2c(=O)n1N=Cc1cc(Cl)ccc1OCc1ccccc1. The van der Waals surface area contributed by atoms with Crippen molar-refractivity contribution in [3.63, 3.8) is 0 Å². The second-order valence-corrected chi connectivity index (χ2v) is 9.11. The molecule has 1 aromatic heterocycles. The van der Waals surface area contributed by atoms with Crippen LogP contribution in [0.3, 0.4) is 0 Å². The van der Waals surface area contributed by atoms with E-state index >= 15 is 0 Å². The summed E-state index contributed by atoms with van der Waals surface area (Å²) in [4.78, 5) is 18.1. The molecule has 0 spiro atoms. The first-order chi connectivity index (χ1) is 16.0. The van der Waals surface area contributed by atoms with Crippen molar-refractivity contribution < 1.29 is 4.74 Å². The Hall–Kier alpha value is -2.96. The number of fused-ring (bicyclic) bond motifs is 1. The van der Waals surface area contributed by atoms with E-state index < -0.39 is 0 Å². The van der Waals surface area contributed by atoms with E-state index in [4.69, 9.17) is 21.3 Å². The Kier molecular flexibility index (Phi) is 7.26. The zero-order valence-corrected chi connectivity index (χ0v) is 20.7. The van der Waals surface area contributed by atoms with Crippen LogP contribution in [0.1, 0.15) is 43.1 Å². The summed E-state index contributed by atoms with van der Waals surface area (Å²) < 4.78 is 8.21. The van der Waals surface area contributed by atoms with Gasteiger partial charge < -0.3 is 4.74 Å². The first-order valence-electron chi connectivity index (χ1n) is 10.7. The van der Waals surface area contributed by atoms with Crippen LogP contribution in [0.4, 0.5) is 0 Å². The van der Waals surface area contributed by atoms with Gasteiger partial charge in [0.25, 0.3) is 5.56 Å². The molecular weight excluding hydrogens is 502 g/mol. The molecule has 0 radical (unpaired) electrons. The molecule has 1 atom stereocenters. The second-order valence-electron chi connectivity index (χ2n) is 7.76. The van der Waals surface area contributed by atoms with Crippen molar-refractivity contribution in [2.24, 2.45) is 5.10 Å². The van der Waals surface area contributed by atoms with Gasteiger partial charge >= 0.3 is 0 Å². The van der Waals surface area contributed by atoms with E-state index in [9.17, 15) is 4.79 Å². The minimum atomic E-state index is -0.221. The van der Waals surface area contributed by atoms with Crippen LogP contribution in [0.2, 0.25) is 5.02 Å².